The first kappa shape index (κ1) is 18.0. The molecule has 0 saturated carbocycles. The van der Waals surface area contributed by atoms with E-state index < -0.39 is 0 Å². The average Bonchev–Trinajstić information content (AvgIpc) is 2.55. The molecule has 0 fully saturated rings. The van der Waals surface area contributed by atoms with Crippen LogP contribution in [0.2, 0.25) is 0 Å². The van der Waals surface area contributed by atoms with Crippen LogP contribution in [0.3, 0.4) is 0 Å². The highest BCUT2D eigenvalue weighted by Crippen LogP contribution is 2.16. The van der Waals surface area contributed by atoms with Gasteiger partial charge in [0.15, 0.2) is 0 Å². The molecule has 4 heteroatoms. The summed E-state index contributed by atoms with van der Waals surface area (Å²) in [5.74, 6) is -0.00994. The van der Waals surface area contributed by atoms with E-state index in [0.29, 0.717) is 6.54 Å². The van der Waals surface area contributed by atoms with Gasteiger partial charge in [-0.15, -0.1) is 0 Å². The zero-order chi connectivity index (χ0) is 17.7. The van der Waals surface area contributed by atoms with Crippen molar-refractivity contribution in [3.05, 3.63) is 65.2 Å². The zero-order valence-corrected chi connectivity index (χ0v) is 15.3. The highest BCUT2D eigenvalue weighted by Gasteiger charge is 2.19. The molecule has 0 bridgehead atoms. The van der Waals surface area contributed by atoms with Gasteiger partial charge in [0.05, 0.1) is 20.6 Å². The Morgan fingerprint density at radius 3 is 2.25 bits per heavy atom. The van der Waals surface area contributed by atoms with Crippen LogP contribution in [-0.4, -0.2) is 40.6 Å². The fraction of sp³-hybridized carbons (Fsp3) is 0.350. The number of quaternary nitrogens is 1. The fourth-order valence-corrected chi connectivity index (χ4v) is 2.78. The Labute approximate surface area is 145 Å². The van der Waals surface area contributed by atoms with E-state index in [0.717, 1.165) is 11.1 Å². The van der Waals surface area contributed by atoms with Gasteiger partial charge < -0.3 is 15.1 Å². The van der Waals surface area contributed by atoms with Crippen LogP contribution < -0.4 is 15.1 Å². The van der Waals surface area contributed by atoms with Crippen molar-refractivity contribution in [1.82, 2.24) is 5.32 Å². The van der Waals surface area contributed by atoms with E-state index in [-0.39, 0.29) is 11.9 Å². The molecule has 128 valence electrons. The summed E-state index contributed by atoms with van der Waals surface area (Å²) in [4.78, 5) is 15.8. The summed E-state index contributed by atoms with van der Waals surface area (Å²) in [6.07, 6.45) is 0. The minimum absolute atomic E-state index is 0.00994. The first-order chi connectivity index (χ1) is 11.4. The predicted octanol–water partition coefficient (Wildman–Crippen LogP) is 1.68. The SMILES string of the molecule is Cc1ccccc1C(=O)NC[C@H](c1ccc(N(C)C)cc1)[NH+](C)C. The summed E-state index contributed by atoms with van der Waals surface area (Å²) in [6.45, 7) is 2.57. The molecule has 2 rings (SSSR count). The third-order valence-corrected chi connectivity index (χ3v) is 4.37. The van der Waals surface area contributed by atoms with Crippen molar-refractivity contribution in [3.8, 4) is 0 Å². The molecule has 0 aliphatic heterocycles. The van der Waals surface area contributed by atoms with Crippen LogP contribution in [-0.2, 0) is 0 Å². The quantitative estimate of drug-likeness (QED) is 0.847. The Hall–Kier alpha value is -2.33. The molecule has 1 amide bonds. The lowest BCUT2D eigenvalue weighted by atomic mass is 10.0. The molecular formula is C20H28N3O+. The average molecular weight is 326 g/mol. The van der Waals surface area contributed by atoms with E-state index in [9.17, 15) is 4.79 Å². The number of carbonyl (C=O) groups excluding carboxylic acids is 1. The maximum absolute atomic E-state index is 12.4. The number of carbonyl (C=O) groups is 1. The molecule has 0 unspecified atom stereocenters. The van der Waals surface area contributed by atoms with Crippen LogP contribution in [0.15, 0.2) is 48.5 Å². The van der Waals surface area contributed by atoms with Crippen molar-refractivity contribution in [2.45, 2.75) is 13.0 Å². The molecule has 0 radical (unpaired) electrons. The first-order valence-corrected chi connectivity index (χ1v) is 8.31. The Balaban J connectivity index is 2.09. The lowest BCUT2D eigenvalue weighted by Gasteiger charge is -2.23. The van der Waals surface area contributed by atoms with Gasteiger partial charge >= 0.3 is 0 Å². The summed E-state index contributed by atoms with van der Waals surface area (Å²) in [5.41, 5.74) is 4.15. The molecule has 0 saturated heterocycles. The van der Waals surface area contributed by atoms with E-state index in [4.69, 9.17) is 0 Å². The van der Waals surface area contributed by atoms with Gasteiger partial charge in [-0.05, 0) is 30.7 Å². The molecule has 0 aromatic heterocycles. The van der Waals surface area contributed by atoms with Crippen molar-refractivity contribution >= 4 is 11.6 Å². The third-order valence-electron chi connectivity index (χ3n) is 4.37. The summed E-state index contributed by atoms with van der Waals surface area (Å²) >= 11 is 0. The lowest BCUT2D eigenvalue weighted by Crippen LogP contribution is -3.07. The highest BCUT2D eigenvalue weighted by atomic mass is 16.1. The summed E-state index contributed by atoms with van der Waals surface area (Å²) in [5, 5.41) is 3.09. The highest BCUT2D eigenvalue weighted by molar-refractivity contribution is 5.95. The maximum atomic E-state index is 12.4. The van der Waals surface area contributed by atoms with Gasteiger partial charge in [-0.3, -0.25) is 4.79 Å². The van der Waals surface area contributed by atoms with Crippen molar-refractivity contribution < 1.29 is 9.69 Å². The Morgan fingerprint density at radius 1 is 1.08 bits per heavy atom. The molecule has 0 aliphatic carbocycles. The molecule has 2 aromatic rings. The number of aryl methyl sites for hydroxylation is 1. The standard InChI is InChI=1S/C20H27N3O/c1-15-8-6-7-9-18(15)20(24)21-14-19(23(4)5)16-10-12-17(13-11-16)22(2)3/h6-13,19H,14H2,1-5H3,(H,21,24)/p+1/t19-/m1/s1. The van der Waals surface area contributed by atoms with Crippen molar-refractivity contribution in [2.24, 2.45) is 0 Å². The van der Waals surface area contributed by atoms with Crippen LogP contribution in [0.25, 0.3) is 0 Å². The Kier molecular flexibility index (Phi) is 5.99. The number of nitrogens with one attached hydrogen (secondary N) is 2. The van der Waals surface area contributed by atoms with Gasteiger partial charge in [0.2, 0.25) is 0 Å². The van der Waals surface area contributed by atoms with Crippen LogP contribution >= 0.6 is 0 Å². The predicted molar refractivity (Wildman–Crippen MR) is 99.8 cm³/mol. The molecule has 0 aliphatic rings. The number of hydrogen-bond donors (Lipinski definition) is 2. The Morgan fingerprint density at radius 2 is 1.71 bits per heavy atom. The van der Waals surface area contributed by atoms with Gasteiger partial charge in [0.25, 0.3) is 5.91 Å². The third kappa shape index (κ3) is 4.36. The molecule has 0 heterocycles. The van der Waals surface area contributed by atoms with Gasteiger partial charge in [-0.1, -0.05) is 30.3 Å². The van der Waals surface area contributed by atoms with Gasteiger partial charge in [-0.2, -0.15) is 0 Å². The molecule has 2 N–H and O–H groups in total. The van der Waals surface area contributed by atoms with E-state index in [1.54, 1.807) is 0 Å². The normalized spacial score (nSPS) is 12.1. The van der Waals surface area contributed by atoms with Crippen molar-refractivity contribution in [3.63, 3.8) is 0 Å². The van der Waals surface area contributed by atoms with Gasteiger partial charge in [-0.25, -0.2) is 0 Å². The van der Waals surface area contributed by atoms with E-state index >= 15 is 0 Å². The number of amides is 1. The smallest absolute Gasteiger partial charge is 0.251 e. The van der Waals surface area contributed by atoms with Crippen molar-refractivity contribution in [1.29, 1.82) is 0 Å². The van der Waals surface area contributed by atoms with E-state index in [1.165, 1.54) is 16.2 Å². The largest absolute Gasteiger partial charge is 0.378 e. The van der Waals surface area contributed by atoms with Crippen LogP contribution in [0.5, 0.6) is 0 Å². The second kappa shape index (κ2) is 7.97. The minimum Gasteiger partial charge on any atom is -0.378 e. The van der Waals surface area contributed by atoms with Crippen molar-refractivity contribution in [2.75, 3.05) is 39.6 Å². The molecular weight excluding hydrogens is 298 g/mol. The van der Waals surface area contributed by atoms with Gasteiger partial charge in [0, 0.05) is 30.9 Å². The topological polar surface area (TPSA) is 36.8 Å². The van der Waals surface area contributed by atoms with Crippen LogP contribution in [0.1, 0.15) is 27.5 Å². The number of rotatable bonds is 6. The Bertz CT molecular complexity index is 678. The second-order valence-electron chi connectivity index (χ2n) is 6.64. The lowest BCUT2D eigenvalue weighted by molar-refractivity contribution is -0.890. The van der Waals surface area contributed by atoms with Crippen LogP contribution in [0.4, 0.5) is 5.69 Å². The number of nitrogens with zero attached hydrogens (tertiary/aromatic N) is 1. The monoisotopic (exact) mass is 326 g/mol. The molecule has 2 aromatic carbocycles. The summed E-state index contributed by atoms with van der Waals surface area (Å²) in [7, 11) is 8.30. The molecule has 0 spiro atoms. The van der Waals surface area contributed by atoms with E-state index in [1.807, 2.05) is 45.3 Å². The summed E-state index contributed by atoms with van der Waals surface area (Å²) in [6, 6.07) is 16.4. The minimum atomic E-state index is -0.00994. The number of hydrogen-bond acceptors (Lipinski definition) is 2. The fourth-order valence-electron chi connectivity index (χ4n) is 2.78. The van der Waals surface area contributed by atoms with Gasteiger partial charge in [0.1, 0.15) is 6.04 Å². The molecule has 1 atom stereocenters. The number of likely N-dealkylation sites (N-methyl/N-ethyl adjacent to an activating group) is 1. The zero-order valence-electron chi connectivity index (χ0n) is 15.3. The molecule has 4 nitrogen and oxygen atoms in total. The van der Waals surface area contributed by atoms with Crippen LogP contribution in [0, 0.1) is 6.92 Å². The summed E-state index contributed by atoms with van der Waals surface area (Å²) < 4.78 is 0. The first-order valence-electron chi connectivity index (χ1n) is 8.31. The van der Waals surface area contributed by atoms with E-state index in [2.05, 4.69) is 48.6 Å². The number of benzene rings is 2. The molecule has 24 heavy (non-hydrogen) atoms. The second-order valence-corrected chi connectivity index (χ2v) is 6.64. The maximum Gasteiger partial charge on any atom is 0.251 e. The number of anilines is 1.